The lowest BCUT2D eigenvalue weighted by molar-refractivity contribution is -0.150. The van der Waals surface area contributed by atoms with E-state index in [9.17, 15) is 14.7 Å². The molecule has 0 aromatic heterocycles. The van der Waals surface area contributed by atoms with Gasteiger partial charge in [-0.25, -0.2) is 4.79 Å². The van der Waals surface area contributed by atoms with Gasteiger partial charge in [-0.1, -0.05) is 42.5 Å². The molecule has 1 N–H and O–H groups in total. The van der Waals surface area contributed by atoms with Crippen LogP contribution in [0.2, 0.25) is 0 Å². The standard InChI is InChI=1S/C19H21NO5/c1-14(19(22)23)20(12-15-8-4-3-5-9-15)18(21)13-25-17-11-7-6-10-16(17)24-2/h3-11,14H,12-13H2,1-2H3,(H,22,23). The number of para-hydroxylation sites is 2. The number of methoxy groups -OCH3 is 1. The van der Waals surface area contributed by atoms with Crippen LogP contribution in [0.4, 0.5) is 0 Å². The Morgan fingerprint density at radius 3 is 2.24 bits per heavy atom. The van der Waals surface area contributed by atoms with Crippen molar-refractivity contribution < 1.29 is 24.2 Å². The molecular weight excluding hydrogens is 322 g/mol. The minimum absolute atomic E-state index is 0.197. The highest BCUT2D eigenvalue weighted by Crippen LogP contribution is 2.25. The van der Waals surface area contributed by atoms with Crippen LogP contribution >= 0.6 is 0 Å². The summed E-state index contributed by atoms with van der Waals surface area (Å²) >= 11 is 0. The Kier molecular flexibility index (Phi) is 6.39. The normalized spacial score (nSPS) is 11.4. The molecule has 0 saturated heterocycles. The second-order valence-corrected chi connectivity index (χ2v) is 5.46. The van der Waals surface area contributed by atoms with E-state index in [0.29, 0.717) is 11.5 Å². The lowest BCUT2D eigenvalue weighted by atomic mass is 10.2. The van der Waals surface area contributed by atoms with Crippen molar-refractivity contribution in [1.29, 1.82) is 0 Å². The molecule has 0 aliphatic heterocycles. The molecular formula is C19H21NO5. The van der Waals surface area contributed by atoms with Crippen molar-refractivity contribution in [3.05, 3.63) is 60.2 Å². The van der Waals surface area contributed by atoms with E-state index in [1.807, 2.05) is 30.3 Å². The van der Waals surface area contributed by atoms with Crippen LogP contribution in [0.25, 0.3) is 0 Å². The number of amides is 1. The van der Waals surface area contributed by atoms with Gasteiger partial charge >= 0.3 is 5.97 Å². The number of rotatable bonds is 8. The zero-order valence-corrected chi connectivity index (χ0v) is 14.2. The van der Waals surface area contributed by atoms with Crippen LogP contribution in [0.5, 0.6) is 11.5 Å². The summed E-state index contributed by atoms with van der Waals surface area (Å²) in [6, 6.07) is 15.2. The van der Waals surface area contributed by atoms with Gasteiger partial charge in [0.1, 0.15) is 6.04 Å². The van der Waals surface area contributed by atoms with E-state index in [0.717, 1.165) is 5.56 Å². The molecule has 6 heteroatoms. The Morgan fingerprint density at radius 1 is 1.04 bits per heavy atom. The van der Waals surface area contributed by atoms with Gasteiger partial charge in [0.2, 0.25) is 0 Å². The molecule has 0 radical (unpaired) electrons. The van der Waals surface area contributed by atoms with Crippen LogP contribution in [0.15, 0.2) is 54.6 Å². The number of carboxylic acids is 1. The first-order valence-corrected chi connectivity index (χ1v) is 7.85. The second kappa shape index (κ2) is 8.73. The fourth-order valence-electron chi connectivity index (χ4n) is 2.31. The summed E-state index contributed by atoms with van der Waals surface area (Å²) in [6.45, 7) is 1.40. The van der Waals surface area contributed by atoms with Crippen LogP contribution in [0, 0.1) is 0 Å². The van der Waals surface area contributed by atoms with Gasteiger partial charge in [0.15, 0.2) is 18.1 Å². The first-order valence-electron chi connectivity index (χ1n) is 7.85. The smallest absolute Gasteiger partial charge is 0.326 e. The van der Waals surface area contributed by atoms with E-state index in [1.54, 1.807) is 24.3 Å². The first kappa shape index (κ1) is 18.3. The van der Waals surface area contributed by atoms with E-state index in [2.05, 4.69) is 0 Å². The van der Waals surface area contributed by atoms with Crippen LogP contribution in [-0.4, -0.2) is 41.6 Å². The molecule has 0 aliphatic rings. The average molecular weight is 343 g/mol. The number of hydrogen-bond acceptors (Lipinski definition) is 4. The van der Waals surface area contributed by atoms with Gasteiger partial charge in [-0.2, -0.15) is 0 Å². The van der Waals surface area contributed by atoms with E-state index in [4.69, 9.17) is 9.47 Å². The van der Waals surface area contributed by atoms with E-state index >= 15 is 0 Å². The molecule has 1 atom stereocenters. The van der Waals surface area contributed by atoms with Crippen molar-refractivity contribution in [2.45, 2.75) is 19.5 Å². The lowest BCUT2D eigenvalue weighted by Gasteiger charge is -2.26. The van der Waals surface area contributed by atoms with Crippen LogP contribution in [0.3, 0.4) is 0 Å². The summed E-state index contributed by atoms with van der Waals surface area (Å²) in [5.41, 5.74) is 0.848. The van der Waals surface area contributed by atoms with Crippen molar-refractivity contribution in [2.75, 3.05) is 13.7 Å². The van der Waals surface area contributed by atoms with Crippen LogP contribution in [0.1, 0.15) is 12.5 Å². The molecule has 0 aliphatic carbocycles. The van der Waals surface area contributed by atoms with Crippen molar-refractivity contribution in [3.8, 4) is 11.5 Å². The van der Waals surface area contributed by atoms with Crippen LogP contribution < -0.4 is 9.47 Å². The number of hydrogen-bond donors (Lipinski definition) is 1. The Balaban J connectivity index is 2.10. The predicted octanol–water partition coefficient (Wildman–Crippen LogP) is 2.58. The second-order valence-electron chi connectivity index (χ2n) is 5.46. The molecule has 2 aromatic carbocycles. The molecule has 0 fully saturated rings. The van der Waals surface area contributed by atoms with Crippen molar-refractivity contribution in [2.24, 2.45) is 0 Å². The fourth-order valence-corrected chi connectivity index (χ4v) is 2.31. The lowest BCUT2D eigenvalue weighted by Crippen LogP contribution is -2.44. The van der Waals surface area contributed by atoms with Gasteiger partial charge in [0.25, 0.3) is 5.91 Å². The largest absolute Gasteiger partial charge is 0.493 e. The zero-order chi connectivity index (χ0) is 18.2. The highest BCUT2D eigenvalue weighted by atomic mass is 16.5. The number of carboxylic acid groups (broad SMARTS) is 1. The molecule has 25 heavy (non-hydrogen) atoms. The highest BCUT2D eigenvalue weighted by Gasteiger charge is 2.26. The number of ether oxygens (including phenoxy) is 2. The molecule has 6 nitrogen and oxygen atoms in total. The van der Waals surface area contributed by atoms with Crippen molar-refractivity contribution in [1.82, 2.24) is 4.90 Å². The summed E-state index contributed by atoms with van der Waals surface area (Å²) in [5.74, 6) is -0.539. The summed E-state index contributed by atoms with van der Waals surface area (Å²) in [6.07, 6.45) is 0. The number of aliphatic carboxylic acids is 1. The number of carbonyl (C=O) groups excluding carboxylic acids is 1. The summed E-state index contributed by atoms with van der Waals surface area (Å²) in [7, 11) is 1.51. The minimum Gasteiger partial charge on any atom is -0.493 e. The molecule has 0 bridgehead atoms. The maximum atomic E-state index is 12.6. The topological polar surface area (TPSA) is 76.1 Å². The Morgan fingerprint density at radius 2 is 1.64 bits per heavy atom. The molecule has 0 spiro atoms. The predicted molar refractivity (Wildman–Crippen MR) is 92.6 cm³/mol. The quantitative estimate of drug-likeness (QED) is 0.797. The van der Waals surface area contributed by atoms with Gasteiger partial charge < -0.3 is 19.5 Å². The monoisotopic (exact) mass is 343 g/mol. The third-order valence-electron chi connectivity index (χ3n) is 3.76. The fraction of sp³-hybridized carbons (Fsp3) is 0.263. The molecule has 0 saturated carbocycles. The number of carbonyl (C=O) groups is 2. The number of nitrogens with zero attached hydrogens (tertiary/aromatic N) is 1. The van der Waals surface area contributed by atoms with Crippen molar-refractivity contribution >= 4 is 11.9 Å². The third kappa shape index (κ3) is 4.97. The van der Waals surface area contributed by atoms with E-state index < -0.39 is 17.9 Å². The van der Waals surface area contributed by atoms with E-state index in [-0.39, 0.29) is 13.2 Å². The molecule has 1 unspecified atom stereocenters. The Labute approximate surface area is 146 Å². The van der Waals surface area contributed by atoms with Gasteiger partial charge in [0, 0.05) is 6.54 Å². The van der Waals surface area contributed by atoms with Gasteiger partial charge in [-0.3, -0.25) is 4.79 Å². The molecule has 2 aromatic rings. The van der Waals surface area contributed by atoms with Gasteiger partial charge in [-0.05, 0) is 24.6 Å². The number of benzene rings is 2. The molecule has 132 valence electrons. The average Bonchev–Trinajstić information content (AvgIpc) is 2.64. The molecule has 1 amide bonds. The summed E-state index contributed by atoms with van der Waals surface area (Å²) < 4.78 is 10.7. The third-order valence-corrected chi connectivity index (χ3v) is 3.76. The van der Waals surface area contributed by atoms with Gasteiger partial charge in [0.05, 0.1) is 7.11 Å². The van der Waals surface area contributed by atoms with Gasteiger partial charge in [-0.15, -0.1) is 0 Å². The first-order chi connectivity index (χ1) is 12.0. The molecule has 2 rings (SSSR count). The Hall–Kier alpha value is -3.02. The summed E-state index contributed by atoms with van der Waals surface area (Å²) in [5, 5.41) is 9.29. The van der Waals surface area contributed by atoms with E-state index in [1.165, 1.54) is 18.9 Å². The van der Waals surface area contributed by atoms with Crippen LogP contribution in [-0.2, 0) is 16.1 Å². The molecule has 0 heterocycles. The maximum Gasteiger partial charge on any atom is 0.326 e. The zero-order valence-electron chi connectivity index (χ0n) is 14.2. The minimum atomic E-state index is -1.07. The highest BCUT2D eigenvalue weighted by molar-refractivity contribution is 5.84. The maximum absolute atomic E-state index is 12.6. The SMILES string of the molecule is COc1ccccc1OCC(=O)N(Cc1ccccc1)C(C)C(=O)O. The Bertz CT molecular complexity index is 717. The summed E-state index contributed by atoms with van der Waals surface area (Å²) in [4.78, 5) is 25.2. The van der Waals surface area contributed by atoms with Crippen molar-refractivity contribution in [3.63, 3.8) is 0 Å².